The Morgan fingerprint density at radius 3 is 2.72 bits per heavy atom. The van der Waals surface area contributed by atoms with Crippen molar-refractivity contribution in [3.63, 3.8) is 0 Å². The van der Waals surface area contributed by atoms with Crippen LogP contribution in [-0.4, -0.2) is 31.6 Å². The summed E-state index contributed by atoms with van der Waals surface area (Å²) in [6.45, 7) is 3.18. The molecule has 1 aliphatic carbocycles. The van der Waals surface area contributed by atoms with Gasteiger partial charge in [0.1, 0.15) is 0 Å². The van der Waals surface area contributed by atoms with Crippen molar-refractivity contribution in [3.8, 4) is 0 Å². The van der Waals surface area contributed by atoms with E-state index in [1.165, 1.54) is 48.0 Å². The smallest absolute Gasteiger partial charge is 0.0213 e. The summed E-state index contributed by atoms with van der Waals surface area (Å²) in [5.74, 6) is 0.687. The molecule has 1 aromatic rings. The minimum Gasteiger partial charge on any atom is -0.330 e. The number of halogens is 1. The fraction of sp³-hybridized carbons (Fsp3) is 0.600. The van der Waals surface area contributed by atoms with Crippen molar-refractivity contribution in [2.24, 2.45) is 5.73 Å². The summed E-state index contributed by atoms with van der Waals surface area (Å²) in [4.78, 5) is 2.41. The van der Waals surface area contributed by atoms with E-state index in [0.29, 0.717) is 11.3 Å². The number of likely N-dealkylation sites (tertiary alicyclic amines) is 1. The Morgan fingerprint density at radius 2 is 2.22 bits per heavy atom. The first-order chi connectivity index (χ1) is 8.64. The molecule has 1 saturated carbocycles. The molecule has 2 nitrogen and oxygen atoms in total. The van der Waals surface area contributed by atoms with Crippen LogP contribution in [0.25, 0.3) is 0 Å². The molecule has 0 radical (unpaired) electrons. The molecular weight excluding hydrogens is 288 g/mol. The highest BCUT2D eigenvalue weighted by molar-refractivity contribution is 9.10. The Bertz CT molecular complexity index is 454. The lowest BCUT2D eigenvalue weighted by atomic mass is 9.91. The third-order valence-electron chi connectivity index (χ3n) is 4.69. The van der Waals surface area contributed by atoms with Gasteiger partial charge in [0.15, 0.2) is 0 Å². The minimum absolute atomic E-state index is 0.299. The predicted molar refractivity (Wildman–Crippen MR) is 79.0 cm³/mol. The van der Waals surface area contributed by atoms with Gasteiger partial charge in [-0.2, -0.15) is 0 Å². The van der Waals surface area contributed by atoms with Crippen LogP contribution < -0.4 is 5.73 Å². The third kappa shape index (κ3) is 2.13. The van der Waals surface area contributed by atoms with Crippen molar-refractivity contribution < 1.29 is 0 Å². The number of nitrogens with two attached hydrogens (primary N) is 1. The van der Waals surface area contributed by atoms with Crippen LogP contribution in [0.2, 0.25) is 0 Å². The zero-order chi connectivity index (χ0) is 12.8. The van der Waals surface area contributed by atoms with Gasteiger partial charge in [-0.1, -0.05) is 28.1 Å². The fourth-order valence-electron chi connectivity index (χ4n) is 3.14. The quantitative estimate of drug-likeness (QED) is 0.930. The van der Waals surface area contributed by atoms with Gasteiger partial charge in [-0.25, -0.2) is 0 Å². The van der Waals surface area contributed by atoms with E-state index in [9.17, 15) is 0 Å². The maximum Gasteiger partial charge on any atom is 0.0213 e. The average Bonchev–Trinajstić information content (AvgIpc) is 3.06. The maximum atomic E-state index is 5.91. The Balaban J connectivity index is 1.85. The Kier molecular flexibility index (Phi) is 3.25. The van der Waals surface area contributed by atoms with E-state index >= 15 is 0 Å². The maximum absolute atomic E-state index is 5.91. The molecule has 2 aliphatic rings. The molecule has 18 heavy (non-hydrogen) atoms. The summed E-state index contributed by atoms with van der Waals surface area (Å²) < 4.78 is 1.28. The number of benzene rings is 1. The summed E-state index contributed by atoms with van der Waals surface area (Å²) in [5.41, 5.74) is 9.10. The van der Waals surface area contributed by atoms with Crippen LogP contribution in [0.4, 0.5) is 0 Å². The molecule has 3 heteroatoms. The van der Waals surface area contributed by atoms with Crippen LogP contribution in [0.15, 0.2) is 22.7 Å². The van der Waals surface area contributed by atoms with Crippen LogP contribution in [0, 0.1) is 0 Å². The molecule has 0 bridgehead atoms. The standard InChI is InChI=1S/C15H21BrN2/c1-18-7-4-11(9-18)13-3-2-12(8-14(13)16)15(10-17)5-6-15/h2-3,8,11H,4-7,9-10,17H2,1H3. The zero-order valence-electron chi connectivity index (χ0n) is 11.0. The van der Waals surface area contributed by atoms with Crippen molar-refractivity contribution in [1.82, 2.24) is 4.90 Å². The monoisotopic (exact) mass is 308 g/mol. The van der Waals surface area contributed by atoms with Gasteiger partial charge < -0.3 is 10.6 Å². The first kappa shape index (κ1) is 12.6. The van der Waals surface area contributed by atoms with Gasteiger partial charge in [0.05, 0.1) is 0 Å². The SMILES string of the molecule is CN1CCC(c2ccc(C3(CN)CC3)cc2Br)C1. The van der Waals surface area contributed by atoms with Gasteiger partial charge in [-0.05, 0) is 56.0 Å². The zero-order valence-corrected chi connectivity index (χ0v) is 12.5. The lowest BCUT2D eigenvalue weighted by Gasteiger charge is -2.17. The number of nitrogens with zero attached hydrogens (tertiary/aromatic N) is 1. The normalized spacial score (nSPS) is 26.5. The second-order valence-electron chi connectivity index (χ2n) is 5.97. The van der Waals surface area contributed by atoms with Crippen LogP contribution in [-0.2, 0) is 5.41 Å². The molecule has 0 spiro atoms. The van der Waals surface area contributed by atoms with E-state index in [-0.39, 0.29) is 0 Å². The van der Waals surface area contributed by atoms with Gasteiger partial charge in [0.25, 0.3) is 0 Å². The molecule has 2 N–H and O–H groups in total. The molecule has 98 valence electrons. The molecule has 1 aliphatic heterocycles. The topological polar surface area (TPSA) is 29.3 Å². The third-order valence-corrected chi connectivity index (χ3v) is 5.38. The van der Waals surface area contributed by atoms with E-state index in [4.69, 9.17) is 5.73 Å². The highest BCUT2D eigenvalue weighted by Crippen LogP contribution is 2.48. The highest BCUT2D eigenvalue weighted by Gasteiger charge is 2.43. The molecular formula is C15H21BrN2. The van der Waals surface area contributed by atoms with Crippen LogP contribution >= 0.6 is 15.9 Å². The highest BCUT2D eigenvalue weighted by atomic mass is 79.9. The summed E-state index contributed by atoms with van der Waals surface area (Å²) in [5, 5.41) is 0. The van der Waals surface area contributed by atoms with Crippen molar-refractivity contribution in [1.29, 1.82) is 0 Å². The van der Waals surface area contributed by atoms with E-state index in [0.717, 1.165) is 6.54 Å². The molecule has 1 aromatic carbocycles. The molecule has 1 unspecified atom stereocenters. The summed E-state index contributed by atoms with van der Waals surface area (Å²) >= 11 is 3.77. The van der Waals surface area contributed by atoms with Gasteiger partial charge in [0, 0.05) is 23.0 Å². The van der Waals surface area contributed by atoms with E-state index in [2.05, 4.69) is 46.1 Å². The number of rotatable bonds is 3. The van der Waals surface area contributed by atoms with Crippen LogP contribution in [0.1, 0.15) is 36.3 Å². The first-order valence-corrected chi connectivity index (χ1v) is 7.62. The number of hydrogen-bond donors (Lipinski definition) is 1. The average molecular weight is 309 g/mol. The number of likely N-dealkylation sites (N-methyl/N-ethyl adjacent to an activating group) is 1. The molecule has 1 atom stereocenters. The van der Waals surface area contributed by atoms with Gasteiger partial charge >= 0.3 is 0 Å². The fourth-order valence-corrected chi connectivity index (χ4v) is 3.84. The van der Waals surface area contributed by atoms with E-state index < -0.39 is 0 Å². The predicted octanol–water partition coefficient (Wildman–Crippen LogP) is 2.86. The van der Waals surface area contributed by atoms with Crippen molar-refractivity contribution in [2.75, 3.05) is 26.7 Å². The van der Waals surface area contributed by atoms with Crippen molar-refractivity contribution in [3.05, 3.63) is 33.8 Å². The van der Waals surface area contributed by atoms with Crippen LogP contribution in [0.5, 0.6) is 0 Å². The summed E-state index contributed by atoms with van der Waals surface area (Å²) in [6.07, 6.45) is 3.78. The van der Waals surface area contributed by atoms with Gasteiger partial charge in [-0.3, -0.25) is 0 Å². The number of hydrogen-bond acceptors (Lipinski definition) is 2. The minimum atomic E-state index is 0.299. The largest absolute Gasteiger partial charge is 0.330 e. The van der Waals surface area contributed by atoms with Crippen LogP contribution in [0.3, 0.4) is 0 Å². The molecule has 1 heterocycles. The molecule has 0 amide bonds. The lowest BCUT2D eigenvalue weighted by molar-refractivity contribution is 0.411. The second kappa shape index (κ2) is 4.62. The molecule has 0 aromatic heterocycles. The lowest BCUT2D eigenvalue weighted by Crippen LogP contribution is -2.20. The Morgan fingerprint density at radius 1 is 1.44 bits per heavy atom. The molecule has 3 rings (SSSR count). The van der Waals surface area contributed by atoms with Gasteiger partial charge in [-0.15, -0.1) is 0 Å². The Labute approximate surface area is 118 Å². The second-order valence-corrected chi connectivity index (χ2v) is 6.82. The molecule has 1 saturated heterocycles. The van der Waals surface area contributed by atoms with Crippen molar-refractivity contribution >= 4 is 15.9 Å². The summed E-state index contributed by atoms with van der Waals surface area (Å²) in [7, 11) is 2.20. The van der Waals surface area contributed by atoms with E-state index in [1.807, 2.05) is 0 Å². The summed E-state index contributed by atoms with van der Waals surface area (Å²) in [6, 6.07) is 6.94. The Hall–Kier alpha value is -0.380. The van der Waals surface area contributed by atoms with E-state index in [1.54, 1.807) is 0 Å². The van der Waals surface area contributed by atoms with Gasteiger partial charge in [0.2, 0.25) is 0 Å². The van der Waals surface area contributed by atoms with Crippen molar-refractivity contribution in [2.45, 2.75) is 30.6 Å². The molecule has 2 fully saturated rings. The first-order valence-electron chi connectivity index (χ1n) is 6.83.